The molecule has 1 aliphatic rings. The highest BCUT2D eigenvalue weighted by molar-refractivity contribution is 5.99. The fraction of sp³-hybridized carbons (Fsp3) is 0.533. The van der Waals surface area contributed by atoms with Crippen LogP contribution in [0, 0.1) is 11.7 Å². The average Bonchev–Trinajstić information content (AvgIpc) is 2.41. The zero-order chi connectivity index (χ0) is 14.0. The van der Waals surface area contributed by atoms with Gasteiger partial charge >= 0.3 is 0 Å². The normalized spacial score (nSPS) is 26.1. The smallest absolute Gasteiger partial charge is 0.179 e. The van der Waals surface area contributed by atoms with Crippen LogP contribution < -0.4 is 0 Å². The Morgan fingerprint density at radius 1 is 1.42 bits per heavy atom. The number of carbonyl (C=O) groups excluding carboxylic acids is 1. The molecule has 1 aromatic rings. The van der Waals surface area contributed by atoms with E-state index in [1.807, 2.05) is 13.8 Å². The summed E-state index contributed by atoms with van der Waals surface area (Å²) in [5.41, 5.74) is 0.535. The van der Waals surface area contributed by atoms with E-state index in [1.165, 1.54) is 24.3 Å². The van der Waals surface area contributed by atoms with Gasteiger partial charge in [0.1, 0.15) is 5.82 Å². The lowest BCUT2D eigenvalue weighted by atomic mass is 9.94. The molecule has 0 radical (unpaired) electrons. The molecule has 1 heterocycles. The molecule has 0 aromatic heterocycles. The Morgan fingerprint density at radius 3 is 2.63 bits per heavy atom. The highest BCUT2D eigenvalue weighted by Crippen LogP contribution is 2.20. The molecule has 0 amide bonds. The minimum absolute atomic E-state index is 0.00332. The van der Waals surface area contributed by atoms with Gasteiger partial charge in [-0.1, -0.05) is 6.92 Å². The molecule has 19 heavy (non-hydrogen) atoms. The Labute approximate surface area is 113 Å². The summed E-state index contributed by atoms with van der Waals surface area (Å²) < 4.78 is 12.9. The molecule has 0 saturated carbocycles. The Morgan fingerprint density at radius 2 is 2.05 bits per heavy atom. The summed E-state index contributed by atoms with van der Waals surface area (Å²) in [7, 11) is 0. The highest BCUT2D eigenvalue weighted by atomic mass is 19.1. The summed E-state index contributed by atoms with van der Waals surface area (Å²) in [4.78, 5) is 14.4. The van der Waals surface area contributed by atoms with Gasteiger partial charge in [-0.15, -0.1) is 0 Å². The fourth-order valence-electron chi connectivity index (χ4n) is 2.54. The standard InChI is InChI=1S/C15H20FNO2/c1-10-9-17(8-7-14(10)18)11(2)15(19)12-3-5-13(16)6-4-12/h3-6,10-11,14,18H,7-9H2,1-2H3. The van der Waals surface area contributed by atoms with Gasteiger partial charge < -0.3 is 5.11 Å². The number of aliphatic hydroxyl groups excluding tert-OH is 1. The van der Waals surface area contributed by atoms with Crippen molar-refractivity contribution in [2.75, 3.05) is 13.1 Å². The molecule has 2 rings (SSSR count). The number of carbonyl (C=O) groups is 1. The molecule has 1 N–H and O–H groups in total. The molecule has 1 fully saturated rings. The number of rotatable bonds is 3. The maximum absolute atomic E-state index is 12.9. The summed E-state index contributed by atoms with van der Waals surface area (Å²) in [5.74, 6) is -0.153. The summed E-state index contributed by atoms with van der Waals surface area (Å²) >= 11 is 0. The lowest BCUT2D eigenvalue weighted by Crippen LogP contribution is -2.48. The van der Waals surface area contributed by atoms with Crippen molar-refractivity contribution in [1.29, 1.82) is 0 Å². The molecule has 104 valence electrons. The van der Waals surface area contributed by atoms with Gasteiger partial charge in [0.2, 0.25) is 0 Å². The fourth-order valence-corrected chi connectivity index (χ4v) is 2.54. The second-order valence-electron chi connectivity index (χ2n) is 5.38. The minimum Gasteiger partial charge on any atom is -0.393 e. The second-order valence-corrected chi connectivity index (χ2v) is 5.38. The molecular weight excluding hydrogens is 245 g/mol. The van der Waals surface area contributed by atoms with Crippen LogP contribution in [0.3, 0.4) is 0 Å². The number of ketones is 1. The maximum Gasteiger partial charge on any atom is 0.179 e. The number of benzene rings is 1. The van der Waals surface area contributed by atoms with Crippen LogP contribution in [0.2, 0.25) is 0 Å². The van der Waals surface area contributed by atoms with E-state index in [-0.39, 0.29) is 29.7 Å². The molecule has 3 atom stereocenters. The first-order chi connectivity index (χ1) is 8.99. The Bertz CT molecular complexity index is 446. The molecule has 0 spiro atoms. The van der Waals surface area contributed by atoms with Crippen molar-refractivity contribution in [1.82, 2.24) is 4.90 Å². The van der Waals surface area contributed by atoms with Gasteiger partial charge in [-0.05, 0) is 43.5 Å². The molecular formula is C15H20FNO2. The van der Waals surface area contributed by atoms with Crippen molar-refractivity contribution in [3.8, 4) is 0 Å². The highest BCUT2D eigenvalue weighted by Gasteiger charge is 2.30. The third kappa shape index (κ3) is 3.19. The van der Waals surface area contributed by atoms with Crippen molar-refractivity contribution >= 4 is 5.78 Å². The van der Waals surface area contributed by atoms with E-state index in [2.05, 4.69) is 4.90 Å². The van der Waals surface area contributed by atoms with Crippen molar-refractivity contribution in [3.05, 3.63) is 35.6 Å². The lowest BCUT2D eigenvalue weighted by molar-refractivity contribution is 0.0205. The van der Waals surface area contributed by atoms with Crippen molar-refractivity contribution < 1.29 is 14.3 Å². The summed E-state index contributed by atoms with van der Waals surface area (Å²) in [6.45, 7) is 5.30. The van der Waals surface area contributed by atoms with Crippen molar-refractivity contribution in [3.63, 3.8) is 0 Å². The number of hydrogen-bond donors (Lipinski definition) is 1. The molecule has 1 aromatic carbocycles. The van der Waals surface area contributed by atoms with Gasteiger partial charge in [-0.3, -0.25) is 9.69 Å². The molecule has 3 unspecified atom stereocenters. The van der Waals surface area contributed by atoms with Crippen LogP contribution in [0.4, 0.5) is 4.39 Å². The number of Topliss-reactive ketones (excluding diaryl/α,β-unsaturated/α-hetero) is 1. The van der Waals surface area contributed by atoms with E-state index >= 15 is 0 Å². The van der Waals surface area contributed by atoms with E-state index in [1.54, 1.807) is 0 Å². The van der Waals surface area contributed by atoms with E-state index in [4.69, 9.17) is 0 Å². The number of likely N-dealkylation sites (tertiary alicyclic amines) is 1. The van der Waals surface area contributed by atoms with Gasteiger partial charge in [0.15, 0.2) is 5.78 Å². The van der Waals surface area contributed by atoms with Gasteiger partial charge in [-0.2, -0.15) is 0 Å². The Hall–Kier alpha value is -1.26. The van der Waals surface area contributed by atoms with Crippen LogP contribution in [0.5, 0.6) is 0 Å². The van der Waals surface area contributed by atoms with Crippen LogP contribution in [-0.4, -0.2) is 41.0 Å². The van der Waals surface area contributed by atoms with E-state index in [9.17, 15) is 14.3 Å². The summed E-state index contributed by atoms with van der Waals surface area (Å²) in [6, 6.07) is 5.43. The molecule has 1 saturated heterocycles. The van der Waals surface area contributed by atoms with Crippen LogP contribution in [-0.2, 0) is 0 Å². The van der Waals surface area contributed by atoms with Crippen LogP contribution in [0.1, 0.15) is 30.6 Å². The molecule has 4 heteroatoms. The van der Waals surface area contributed by atoms with Gasteiger partial charge in [-0.25, -0.2) is 4.39 Å². The molecule has 1 aliphatic heterocycles. The van der Waals surface area contributed by atoms with E-state index in [0.717, 1.165) is 13.1 Å². The third-order valence-corrected chi connectivity index (χ3v) is 3.95. The maximum atomic E-state index is 12.9. The van der Waals surface area contributed by atoms with Gasteiger partial charge in [0, 0.05) is 18.7 Å². The largest absolute Gasteiger partial charge is 0.393 e. The van der Waals surface area contributed by atoms with Gasteiger partial charge in [0.25, 0.3) is 0 Å². The Kier molecular flexibility index (Phi) is 4.32. The zero-order valence-corrected chi connectivity index (χ0v) is 11.3. The topological polar surface area (TPSA) is 40.5 Å². The number of hydrogen-bond acceptors (Lipinski definition) is 3. The third-order valence-electron chi connectivity index (χ3n) is 3.95. The molecule has 3 nitrogen and oxygen atoms in total. The second kappa shape index (κ2) is 5.80. The van der Waals surface area contributed by atoms with Gasteiger partial charge in [0.05, 0.1) is 12.1 Å². The first-order valence-corrected chi connectivity index (χ1v) is 6.71. The summed E-state index contributed by atoms with van der Waals surface area (Å²) in [6.07, 6.45) is 0.423. The lowest BCUT2D eigenvalue weighted by Gasteiger charge is -2.37. The molecule has 0 aliphatic carbocycles. The average molecular weight is 265 g/mol. The number of nitrogens with zero attached hydrogens (tertiary/aromatic N) is 1. The summed E-state index contributed by atoms with van der Waals surface area (Å²) in [5, 5.41) is 9.71. The quantitative estimate of drug-likeness (QED) is 0.851. The first-order valence-electron chi connectivity index (χ1n) is 6.71. The van der Waals surface area contributed by atoms with Crippen molar-refractivity contribution in [2.45, 2.75) is 32.4 Å². The van der Waals surface area contributed by atoms with Crippen LogP contribution in [0.15, 0.2) is 24.3 Å². The predicted molar refractivity (Wildman–Crippen MR) is 71.6 cm³/mol. The SMILES string of the molecule is CC1CN(C(C)C(=O)c2ccc(F)cc2)CCC1O. The first kappa shape index (κ1) is 14.2. The van der Waals surface area contributed by atoms with E-state index in [0.29, 0.717) is 12.0 Å². The monoisotopic (exact) mass is 265 g/mol. The van der Waals surface area contributed by atoms with Crippen LogP contribution >= 0.6 is 0 Å². The number of halogens is 1. The number of aliphatic hydroxyl groups is 1. The van der Waals surface area contributed by atoms with Crippen molar-refractivity contribution in [2.24, 2.45) is 5.92 Å². The number of piperidine rings is 1. The van der Waals surface area contributed by atoms with Crippen LogP contribution in [0.25, 0.3) is 0 Å². The zero-order valence-electron chi connectivity index (χ0n) is 11.3. The van der Waals surface area contributed by atoms with E-state index < -0.39 is 0 Å². The minimum atomic E-state index is -0.334. The molecule has 0 bridgehead atoms. The Balaban J connectivity index is 2.05. The predicted octanol–water partition coefficient (Wildman–Crippen LogP) is 2.10.